The SMILES string of the molecule is CC(=O)N1CCC(c2cc(C)cc(-c3nc(-c4ccc(C#N)cc4F)c4nc(C)c(C)nc4n3)c2)C1. The zero-order valence-electron chi connectivity index (χ0n) is 20.6. The Labute approximate surface area is 208 Å². The second-order valence-electron chi connectivity index (χ2n) is 9.35. The Morgan fingerprint density at radius 3 is 2.53 bits per heavy atom. The third-order valence-corrected chi connectivity index (χ3v) is 6.76. The van der Waals surface area contributed by atoms with Gasteiger partial charge in [0.15, 0.2) is 11.5 Å². The van der Waals surface area contributed by atoms with Crippen LogP contribution in [0, 0.1) is 37.9 Å². The molecule has 1 aliphatic rings. The van der Waals surface area contributed by atoms with Crippen molar-refractivity contribution in [1.29, 1.82) is 5.26 Å². The second-order valence-corrected chi connectivity index (χ2v) is 9.35. The minimum absolute atomic E-state index is 0.0848. The zero-order valence-corrected chi connectivity index (χ0v) is 20.6. The van der Waals surface area contributed by atoms with E-state index in [9.17, 15) is 4.79 Å². The number of nitriles is 1. The van der Waals surface area contributed by atoms with Crippen molar-refractivity contribution >= 4 is 17.1 Å². The lowest BCUT2D eigenvalue weighted by Gasteiger charge is -2.16. The third-order valence-electron chi connectivity index (χ3n) is 6.76. The molecule has 2 aromatic carbocycles. The van der Waals surface area contributed by atoms with Gasteiger partial charge in [0.2, 0.25) is 5.91 Å². The molecule has 0 saturated carbocycles. The number of likely N-dealkylation sites (tertiary alicyclic amines) is 1. The van der Waals surface area contributed by atoms with Crippen LogP contribution in [0.25, 0.3) is 33.8 Å². The Bertz CT molecular complexity index is 1580. The first kappa shape index (κ1) is 23.5. The number of hydrogen-bond acceptors (Lipinski definition) is 6. The van der Waals surface area contributed by atoms with E-state index in [2.05, 4.69) is 22.1 Å². The summed E-state index contributed by atoms with van der Waals surface area (Å²) >= 11 is 0. The highest BCUT2D eigenvalue weighted by Crippen LogP contribution is 2.33. The van der Waals surface area contributed by atoms with Crippen LogP contribution < -0.4 is 0 Å². The third kappa shape index (κ3) is 4.29. The summed E-state index contributed by atoms with van der Waals surface area (Å²) < 4.78 is 15.1. The Morgan fingerprint density at radius 2 is 1.83 bits per heavy atom. The average molecular weight is 481 g/mol. The number of hydrogen-bond donors (Lipinski definition) is 0. The van der Waals surface area contributed by atoms with E-state index in [1.807, 2.05) is 37.8 Å². The molecule has 1 atom stereocenters. The van der Waals surface area contributed by atoms with Gasteiger partial charge in [0.05, 0.1) is 23.0 Å². The molecule has 1 aliphatic heterocycles. The fraction of sp³-hybridized carbons (Fsp3) is 0.286. The lowest BCUT2D eigenvalue weighted by atomic mass is 9.94. The predicted octanol–water partition coefficient (Wildman–Crippen LogP) is 5.03. The first-order valence-electron chi connectivity index (χ1n) is 11.8. The molecular weight excluding hydrogens is 455 g/mol. The Hall–Kier alpha value is -4.25. The van der Waals surface area contributed by atoms with E-state index in [4.69, 9.17) is 15.2 Å². The Balaban J connectivity index is 1.68. The monoisotopic (exact) mass is 480 g/mol. The van der Waals surface area contributed by atoms with E-state index < -0.39 is 5.82 Å². The number of halogens is 1. The smallest absolute Gasteiger partial charge is 0.219 e. The van der Waals surface area contributed by atoms with E-state index in [0.717, 1.165) is 35.3 Å². The van der Waals surface area contributed by atoms with Crippen molar-refractivity contribution in [3.05, 3.63) is 70.3 Å². The molecule has 1 saturated heterocycles. The number of rotatable bonds is 3. The minimum Gasteiger partial charge on any atom is -0.342 e. The standard InChI is InChI=1S/C28H25FN6O/c1-15-9-21(20-7-8-35(14-20)18(4)36)12-22(10-15)27-33-25(23-6-5-19(13-30)11-24(23)29)26-28(34-27)32-17(3)16(2)31-26/h5-6,9-12,20H,7-8,14H2,1-4H3. The average Bonchev–Trinajstić information content (AvgIpc) is 3.35. The van der Waals surface area contributed by atoms with Crippen molar-refractivity contribution in [2.75, 3.05) is 13.1 Å². The molecule has 0 N–H and O–H groups in total. The van der Waals surface area contributed by atoms with Gasteiger partial charge >= 0.3 is 0 Å². The van der Waals surface area contributed by atoms with Crippen molar-refractivity contribution in [2.45, 2.75) is 40.0 Å². The molecule has 4 aromatic rings. The highest BCUT2D eigenvalue weighted by Gasteiger charge is 2.26. The van der Waals surface area contributed by atoms with Crippen molar-refractivity contribution < 1.29 is 9.18 Å². The van der Waals surface area contributed by atoms with Gasteiger partial charge in [-0.05, 0) is 63.1 Å². The van der Waals surface area contributed by atoms with Crippen LogP contribution in [0.5, 0.6) is 0 Å². The molecule has 180 valence electrons. The summed E-state index contributed by atoms with van der Waals surface area (Å²) in [5, 5.41) is 9.16. The molecule has 3 heterocycles. The summed E-state index contributed by atoms with van der Waals surface area (Å²) in [4.78, 5) is 32.5. The summed E-state index contributed by atoms with van der Waals surface area (Å²) in [5.41, 5.74) is 6.00. The lowest BCUT2D eigenvalue weighted by Crippen LogP contribution is -2.25. The maximum Gasteiger partial charge on any atom is 0.219 e. The molecule has 0 bridgehead atoms. The number of nitrogens with zero attached hydrogens (tertiary/aromatic N) is 6. The van der Waals surface area contributed by atoms with Crippen LogP contribution in [0.15, 0.2) is 36.4 Å². The summed E-state index contributed by atoms with van der Waals surface area (Å²) in [6, 6.07) is 12.4. The number of amides is 1. The van der Waals surface area contributed by atoms with Crippen LogP contribution in [-0.4, -0.2) is 43.8 Å². The summed E-state index contributed by atoms with van der Waals surface area (Å²) in [6.07, 6.45) is 0.896. The predicted molar refractivity (Wildman–Crippen MR) is 134 cm³/mol. The van der Waals surface area contributed by atoms with Crippen LogP contribution in [0.1, 0.15) is 47.3 Å². The number of benzene rings is 2. The number of carbonyl (C=O) groups is 1. The summed E-state index contributed by atoms with van der Waals surface area (Å²) in [6.45, 7) is 8.74. The maximum absolute atomic E-state index is 15.1. The van der Waals surface area contributed by atoms with Crippen molar-refractivity contribution in [3.63, 3.8) is 0 Å². The van der Waals surface area contributed by atoms with Gasteiger partial charge in [-0.2, -0.15) is 5.26 Å². The van der Waals surface area contributed by atoms with Crippen LogP contribution in [0.2, 0.25) is 0 Å². The largest absolute Gasteiger partial charge is 0.342 e. The molecule has 0 aliphatic carbocycles. The molecule has 1 fully saturated rings. The quantitative estimate of drug-likeness (QED) is 0.408. The van der Waals surface area contributed by atoms with Gasteiger partial charge in [0, 0.05) is 37.1 Å². The second kappa shape index (κ2) is 9.08. The van der Waals surface area contributed by atoms with Crippen molar-refractivity contribution in [1.82, 2.24) is 24.8 Å². The Kier molecular flexibility index (Phi) is 5.92. The number of aromatic nitrogens is 4. The first-order valence-corrected chi connectivity index (χ1v) is 11.8. The van der Waals surface area contributed by atoms with Gasteiger partial charge in [0.25, 0.3) is 0 Å². The topological polar surface area (TPSA) is 95.7 Å². The highest BCUT2D eigenvalue weighted by atomic mass is 19.1. The van der Waals surface area contributed by atoms with Gasteiger partial charge < -0.3 is 4.90 Å². The van der Waals surface area contributed by atoms with Gasteiger partial charge in [-0.3, -0.25) is 4.79 Å². The summed E-state index contributed by atoms with van der Waals surface area (Å²) in [5.74, 6) is 0.181. The van der Waals surface area contributed by atoms with Crippen LogP contribution in [0.4, 0.5) is 4.39 Å². The van der Waals surface area contributed by atoms with Crippen LogP contribution >= 0.6 is 0 Å². The number of aryl methyl sites for hydroxylation is 3. The van der Waals surface area contributed by atoms with Gasteiger partial charge in [-0.1, -0.05) is 11.6 Å². The highest BCUT2D eigenvalue weighted by molar-refractivity contribution is 5.89. The van der Waals surface area contributed by atoms with Crippen LogP contribution in [0.3, 0.4) is 0 Å². The fourth-order valence-electron chi connectivity index (χ4n) is 4.70. The first-order chi connectivity index (χ1) is 17.2. The molecule has 36 heavy (non-hydrogen) atoms. The van der Waals surface area contributed by atoms with E-state index in [1.165, 1.54) is 6.07 Å². The minimum atomic E-state index is -0.555. The van der Waals surface area contributed by atoms with Gasteiger partial charge in [0.1, 0.15) is 17.0 Å². The molecule has 0 radical (unpaired) electrons. The van der Waals surface area contributed by atoms with Gasteiger partial charge in [-0.15, -0.1) is 0 Å². The molecular formula is C28H25FN6O. The number of fused-ring (bicyclic) bond motifs is 1. The molecule has 2 aromatic heterocycles. The molecule has 1 unspecified atom stereocenters. The van der Waals surface area contributed by atoms with E-state index in [-0.39, 0.29) is 23.0 Å². The van der Waals surface area contributed by atoms with Gasteiger partial charge in [-0.25, -0.2) is 24.3 Å². The molecule has 8 heteroatoms. The molecule has 1 amide bonds. The molecule has 5 rings (SSSR count). The molecule has 7 nitrogen and oxygen atoms in total. The maximum atomic E-state index is 15.1. The Morgan fingerprint density at radius 1 is 1.06 bits per heavy atom. The van der Waals surface area contributed by atoms with E-state index in [1.54, 1.807) is 19.1 Å². The zero-order chi connectivity index (χ0) is 25.6. The van der Waals surface area contributed by atoms with E-state index in [0.29, 0.717) is 34.9 Å². The lowest BCUT2D eigenvalue weighted by molar-refractivity contribution is -0.127. The number of carbonyl (C=O) groups excluding carboxylic acids is 1. The van der Waals surface area contributed by atoms with Crippen molar-refractivity contribution in [2.24, 2.45) is 0 Å². The normalized spacial score (nSPS) is 15.3. The van der Waals surface area contributed by atoms with E-state index >= 15 is 4.39 Å². The summed E-state index contributed by atoms with van der Waals surface area (Å²) in [7, 11) is 0. The fourth-order valence-corrected chi connectivity index (χ4v) is 4.70. The van der Waals surface area contributed by atoms with Crippen LogP contribution in [-0.2, 0) is 4.79 Å². The molecule has 0 spiro atoms. The van der Waals surface area contributed by atoms with Crippen molar-refractivity contribution in [3.8, 4) is 28.7 Å².